The van der Waals surface area contributed by atoms with Gasteiger partial charge in [0.25, 0.3) is 11.5 Å². The van der Waals surface area contributed by atoms with E-state index in [2.05, 4.69) is 0 Å². The Morgan fingerprint density at radius 2 is 1.82 bits per heavy atom. The highest BCUT2D eigenvalue weighted by molar-refractivity contribution is 7.07. The van der Waals surface area contributed by atoms with Crippen molar-refractivity contribution in [3.63, 3.8) is 0 Å². The number of thiazole rings is 1. The highest BCUT2D eigenvalue weighted by atomic mass is 32.1. The van der Waals surface area contributed by atoms with Crippen LogP contribution in [0.15, 0.2) is 80.1 Å². The fraction of sp³-hybridized carbons (Fsp3) is 0.314. The number of methoxy groups -OCH3 is 1. The van der Waals surface area contributed by atoms with Crippen molar-refractivity contribution in [2.24, 2.45) is 4.99 Å². The van der Waals surface area contributed by atoms with E-state index in [1.165, 1.54) is 11.3 Å². The number of esters is 1. The fourth-order valence-electron chi connectivity index (χ4n) is 5.52. The summed E-state index contributed by atoms with van der Waals surface area (Å²) in [7, 11) is 1.58. The maximum atomic E-state index is 14.1. The smallest absolute Gasteiger partial charge is 0.338 e. The van der Waals surface area contributed by atoms with Crippen LogP contribution in [0.1, 0.15) is 67.9 Å². The number of allylic oxidation sites excluding steroid dienone is 1. The zero-order valence-corrected chi connectivity index (χ0v) is 27.4. The summed E-state index contributed by atoms with van der Waals surface area (Å²) in [6.07, 6.45) is 1.49. The van der Waals surface area contributed by atoms with E-state index in [0.717, 1.165) is 11.1 Å². The molecule has 45 heavy (non-hydrogen) atoms. The summed E-state index contributed by atoms with van der Waals surface area (Å²) < 4.78 is 19.2. The van der Waals surface area contributed by atoms with Crippen LogP contribution in [0.2, 0.25) is 0 Å². The summed E-state index contributed by atoms with van der Waals surface area (Å²) in [5.41, 5.74) is 3.57. The third-order valence-electron chi connectivity index (χ3n) is 7.71. The van der Waals surface area contributed by atoms with Gasteiger partial charge in [-0.2, -0.15) is 0 Å². The van der Waals surface area contributed by atoms with Crippen molar-refractivity contribution >= 4 is 29.3 Å². The second kappa shape index (κ2) is 13.1. The number of para-hydroxylation sites is 1. The van der Waals surface area contributed by atoms with Crippen LogP contribution in [0.3, 0.4) is 0 Å². The van der Waals surface area contributed by atoms with E-state index in [0.29, 0.717) is 62.1 Å². The van der Waals surface area contributed by atoms with Crippen LogP contribution in [0.4, 0.5) is 0 Å². The Morgan fingerprint density at radius 3 is 2.49 bits per heavy atom. The van der Waals surface area contributed by atoms with Crippen LogP contribution in [-0.4, -0.2) is 47.6 Å². The van der Waals surface area contributed by atoms with Crippen molar-refractivity contribution in [2.45, 2.75) is 53.7 Å². The highest BCUT2D eigenvalue weighted by Crippen LogP contribution is 2.36. The maximum absolute atomic E-state index is 14.1. The molecule has 9 nitrogen and oxygen atoms in total. The maximum Gasteiger partial charge on any atom is 0.338 e. The minimum absolute atomic E-state index is 0.166. The van der Waals surface area contributed by atoms with E-state index in [1.54, 1.807) is 40.9 Å². The third kappa shape index (κ3) is 6.15. The number of nitrogens with zero attached hydrogens (tertiary/aromatic N) is 3. The van der Waals surface area contributed by atoms with Crippen LogP contribution >= 0.6 is 11.3 Å². The van der Waals surface area contributed by atoms with Gasteiger partial charge in [0, 0.05) is 30.3 Å². The lowest BCUT2D eigenvalue weighted by atomic mass is 9.94. The Bertz CT molecular complexity index is 1980. The van der Waals surface area contributed by atoms with Crippen LogP contribution < -0.4 is 19.6 Å². The first-order chi connectivity index (χ1) is 21.6. The largest absolute Gasteiger partial charge is 0.496 e. The van der Waals surface area contributed by atoms with Crippen molar-refractivity contribution in [2.75, 3.05) is 20.2 Å². The molecule has 1 atom stereocenters. The Labute approximate surface area is 265 Å². The number of amides is 1. The standard InChI is InChI=1S/C35H37N3O6S/c1-8-37(9-2)33(40)30-22(6)36-35-38(31(30)26-12-10-11-13-27(26)42-7)32(39)29(45-35)19-24-15-17-28(44-24)25-16-14-23(18-21(25)5)34(41)43-20(3)4/h10-20,31H,8-9H2,1-7H3/b29-19-/t31-/m0/s1. The molecule has 0 aliphatic carbocycles. The van der Waals surface area contributed by atoms with Crippen molar-refractivity contribution in [3.05, 3.63) is 108 Å². The molecule has 0 fully saturated rings. The predicted molar refractivity (Wildman–Crippen MR) is 174 cm³/mol. The van der Waals surface area contributed by atoms with Gasteiger partial charge in [-0.05, 0) is 77.4 Å². The normalized spacial score (nSPS) is 14.8. The first kappa shape index (κ1) is 31.7. The number of rotatable bonds is 9. The van der Waals surface area contributed by atoms with Gasteiger partial charge in [0.05, 0.1) is 34.6 Å². The molecule has 5 rings (SSSR count). The van der Waals surface area contributed by atoms with Gasteiger partial charge in [-0.1, -0.05) is 35.6 Å². The van der Waals surface area contributed by atoms with Crippen LogP contribution in [0.25, 0.3) is 17.4 Å². The van der Waals surface area contributed by atoms with E-state index in [4.69, 9.17) is 18.9 Å². The Morgan fingerprint density at radius 1 is 1.09 bits per heavy atom. The van der Waals surface area contributed by atoms with Gasteiger partial charge in [0.15, 0.2) is 4.80 Å². The fourth-order valence-corrected chi connectivity index (χ4v) is 6.54. The number of aromatic nitrogens is 1. The highest BCUT2D eigenvalue weighted by Gasteiger charge is 2.35. The zero-order chi connectivity index (χ0) is 32.4. The summed E-state index contributed by atoms with van der Waals surface area (Å²) in [6, 6.07) is 15.7. The number of hydrogen-bond donors (Lipinski definition) is 0. The minimum Gasteiger partial charge on any atom is -0.496 e. The molecule has 10 heteroatoms. The van der Waals surface area contributed by atoms with Gasteiger partial charge >= 0.3 is 5.97 Å². The number of carbonyl (C=O) groups is 2. The third-order valence-corrected chi connectivity index (χ3v) is 8.69. The quantitative estimate of drug-likeness (QED) is 0.235. The molecular formula is C35H37N3O6S. The molecule has 0 spiro atoms. The lowest BCUT2D eigenvalue weighted by Gasteiger charge is -2.29. The van der Waals surface area contributed by atoms with Gasteiger partial charge in [-0.25, -0.2) is 9.79 Å². The molecule has 234 valence electrons. The van der Waals surface area contributed by atoms with E-state index in [-0.39, 0.29) is 23.5 Å². The zero-order valence-electron chi connectivity index (χ0n) is 26.5. The predicted octanol–water partition coefficient (Wildman–Crippen LogP) is 5.25. The van der Waals surface area contributed by atoms with Gasteiger partial charge in [-0.3, -0.25) is 14.2 Å². The summed E-state index contributed by atoms with van der Waals surface area (Å²) >= 11 is 1.24. The summed E-state index contributed by atoms with van der Waals surface area (Å²) in [5, 5.41) is 0. The molecule has 1 aliphatic heterocycles. The number of hydrogen-bond acceptors (Lipinski definition) is 8. The monoisotopic (exact) mass is 627 g/mol. The molecule has 0 radical (unpaired) electrons. The Hall–Kier alpha value is -4.70. The molecular weight excluding hydrogens is 590 g/mol. The van der Waals surface area contributed by atoms with E-state index >= 15 is 0 Å². The molecule has 0 N–H and O–H groups in total. The summed E-state index contributed by atoms with van der Waals surface area (Å²) in [6.45, 7) is 12.2. The van der Waals surface area contributed by atoms with Crippen molar-refractivity contribution < 1.29 is 23.5 Å². The number of likely N-dealkylation sites (N-methyl/N-ethyl adjacent to an activating group) is 1. The molecule has 0 saturated heterocycles. The SMILES string of the molecule is CCN(CC)C(=O)C1=C(C)N=c2s/c(=C\c3ccc(-c4ccc(C(=O)OC(C)C)cc4C)o3)c(=O)n2[C@H]1c1ccccc1OC. The van der Waals surface area contributed by atoms with Crippen molar-refractivity contribution in [3.8, 4) is 17.1 Å². The lowest BCUT2D eigenvalue weighted by Crippen LogP contribution is -2.43. The molecule has 2 aromatic heterocycles. The van der Waals surface area contributed by atoms with Gasteiger partial charge < -0.3 is 18.8 Å². The van der Waals surface area contributed by atoms with Gasteiger partial charge in [-0.15, -0.1) is 0 Å². The average molecular weight is 628 g/mol. The van der Waals surface area contributed by atoms with Crippen molar-refractivity contribution in [1.29, 1.82) is 0 Å². The number of furan rings is 1. The number of ether oxygens (including phenoxy) is 2. The number of benzene rings is 2. The topological polar surface area (TPSA) is 103 Å². The summed E-state index contributed by atoms with van der Waals surface area (Å²) in [5.74, 6) is 1.12. The first-order valence-corrected chi connectivity index (χ1v) is 15.8. The van der Waals surface area contributed by atoms with Crippen LogP contribution in [0.5, 0.6) is 5.75 Å². The van der Waals surface area contributed by atoms with Gasteiger partial charge in [0.1, 0.15) is 23.3 Å². The molecule has 0 unspecified atom stereocenters. The number of aryl methyl sites for hydroxylation is 1. The second-order valence-electron chi connectivity index (χ2n) is 11.0. The molecule has 0 saturated carbocycles. The summed E-state index contributed by atoms with van der Waals surface area (Å²) in [4.78, 5) is 47.3. The van der Waals surface area contributed by atoms with Crippen LogP contribution in [0, 0.1) is 6.92 Å². The molecule has 0 bridgehead atoms. The van der Waals surface area contributed by atoms with Gasteiger partial charge in [0.2, 0.25) is 0 Å². The van der Waals surface area contributed by atoms with E-state index < -0.39 is 6.04 Å². The molecule has 3 heterocycles. The first-order valence-electron chi connectivity index (χ1n) is 14.9. The van der Waals surface area contributed by atoms with E-state index in [1.807, 2.05) is 77.9 Å². The van der Waals surface area contributed by atoms with Crippen molar-refractivity contribution in [1.82, 2.24) is 9.47 Å². The van der Waals surface area contributed by atoms with E-state index in [9.17, 15) is 14.4 Å². The molecule has 1 aliphatic rings. The number of carbonyl (C=O) groups excluding carboxylic acids is 2. The average Bonchev–Trinajstić information content (AvgIpc) is 3.60. The molecule has 4 aromatic rings. The second-order valence-corrected chi connectivity index (χ2v) is 12.0. The lowest BCUT2D eigenvalue weighted by molar-refractivity contribution is -0.127. The Kier molecular flexibility index (Phi) is 9.24. The van der Waals surface area contributed by atoms with Crippen LogP contribution in [-0.2, 0) is 9.53 Å². The number of fused-ring (bicyclic) bond motifs is 1. The minimum atomic E-state index is -0.719. The Balaban J connectivity index is 1.58. The molecule has 1 amide bonds. The molecule has 2 aromatic carbocycles.